The fraction of sp³-hybridized carbons (Fsp3) is 0. The first kappa shape index (κ1) is 9.21. The van der Waals surface area contributed by atoms with Gasteiger partial charge in [-0.1, -0.05) is 0 Å². The molecule has 2 rings (SSSR count). The Balaban J connectivity index is 2.52. The summed E-state index contributed by atoms with van der Waals surface area (Å²) in [5.74, 6) is -0.388. The summed E-state index contributed by atoms with van der Waals surface area (Å²) in [6, 6.07) is 4.49. The fourth-order valence-electron chi connectivity index (χ4n) is 1.14. The highest BCUT2D eigenvalue weighted by Crippen LogP contribution is 2.17. The van der Waals surface area contributed by atoms with Crippen LogP contribution in [0, 0.1) is 5.82 Å². The Kier molecular flexibility index (Phi) is 2.25. The van der Waals surface area contributed by atoms with Crippen LogP contribution in [0.2, 0.25) is 0 Å². The molecule has 0 atom stereocenters. The number of hydrogen-bond acceptors (Lipinski definition) is 2. The van der Waals surface area contributed by atoms with Crippen molar-refractivity contribution in [1.29, 1.82) is 0 Å². The number of nitrogens with two attached hydrogens (primary N) is 1. The van der Waals surface area contributed by atoms with Gasteiger partial charge in [0, 0.05) is 11.9 Å². The molecular formula is C9H7BrFN3. The first-order valence-electron chi connectivity index (χ1n) is 3.92. The second-order valence-corrected chi connectivity index (χ2v) is 3.73. The van der Waals surface area contributed by atoms with E-state index in [4.69, 9.17) is 5.73 Å². The molecule has 2 aromatic rings. The molecule has 0 fully saturated rings. The predicted molar refractivity (Wildman–Crippen MR) is 55.6 cm³/mol. The van der Waals surface area contributed by atoms with E-state index in [1.54, 1.807) is 24.5 Å². The molecule has 0 amide bonds. The van der Waals surface area contributed by atoms with Crippen LogP contribution in [0.5, 0.6) is 0 Å². The first-order valence-corrected chi connectivity index (χ1v) is 4.72. The topological polar surface area (TPSA) is 43.8 Å². The summed E-state index contributed by atoms with van der Waals surface area (Å²) in [6.45, 7) is 0. The zero-order valence-electron chi connectivity index (χ0n) is 7.11. The minimum absolute atomic E-state index is 0.380. The smallest absolute Gasteiger partial charge is 0.150 e. The Hall–Kier alpha value is -1.36. The summed E-state index contributed by atoms with van der Waals surface area (Å²) >= 11 is 3.24. The first-order chi connectivity index (χ1) is 6.66. The van der Waals surface area contributed by atoms with Crippen molar-refractivity contribution in [1.82, 2.24) is 9.78 Å². The SMILES string of the molecule is Nc1ccc(-n2cc(Br)cn2)c(F)c1. The summed E-state index contributed by atoms with van der Waals surface area (Å²) in [7, 11) is 0. The van der Waals surface area contributed by atoms with Crippen molar-refractivity contribution >= 4 is 21.6 Å². The Morgan fingerprint density at radius 3 is 2.79 bits per heavy atom. The maximum atomic E-state index is 13.4. The lowest BCUT2D eigenvalue weighted by atomic mass is 10.3. The molecule has 0 aliphatic carbocycles. The van der Waals surface area contributed by atoms with Crippen molar-refractivity contribution in [2.45, 2.75) is 0 Å². The summed E-state index contributed by atoms with van der Waals surface area (Å²) in [5.41, 5.74) is 6.21. The second-order valence-electron chi connectivity index (χ2n) is 2.81. The minimum Gasteiger partial charge on any atom is -0.399 e. The third kappa shape index (κ3) is 1.63. The van der Waals surface area contributed by atoms with Gasteiger partial charge in [-0.05, 0) is 34.1 Å². The van der Waals surface area contributed by atoms with Crippen LogP contribution in [0.1, 0.15) is 0 Å². The average molecular weight is 256 g/mol. The molecule has 0 aliphatic rings. The summed E-state index contributed by atoms with van der Waals surface area (Å²) in [4.78, 5) is 0. The standard InChI is InChI=1S/C9H7BrFN3/c10-6-4-13-14(5-6)9-2-1-7(12)3-8(9)11/h1-5H,12H2. The number of benzene rings is 1. The molecule has 0 saturated carbocycles. The van der Waals surface area contributed by atoms with Gasteiger partial charge in [-0.2, -0.15) is 5.10 Å². The predicted octanol–water partition coefficient (Wildman–Crippen LogP) is 2.36. The minimum atomic E-state index is -0.388. The molecule has 14 heavy (non-hydrogen) atoms. The third-order valence-electron chi connectivity index (χ3n) is 1.77. The Morgan fingerprint density at radius 1 is 1.43 bits per heavy atom. The molecule has 72 valence electrons. The van der Waals surface area contributed by atoms with Crippen molar-refractivity contribution < 1.29 is 4.39 Å². The van der Waals surface area contributed by atoms with Crippen LogP contribution < -0.4 is 5.73 Å². The number of nitrogen functional groups attached to an aromatic ring is 1. The maximum Gasteiger partial charge on any atom is 0.150 e. The number of halogens is 2. The van der Waals surface area contributed by atoms with Crippen molar-refractivity contribution in [3.8, 4) is 5.69 Å². The van der Waals surface area contributed by atoms with Gasteiger partial charge in [0.25, 0.3) is 0 Å². The van der Waals surface area contributed by atoms with Gasteiger partial charge >= 0.3 is 0 Å². The van der Waals surface area contributed by atoms with Gasteiger partial charge in [-0.3, -0.25) is 0 Å². The molecule has 0 unspecified atom stereocenters. The van der Waals surface area contributed by atoms with Crippen LogP contribution in [0.25, 0.3) is 5.69 Å². The van der Waals surface area contributed by atoms with Gasteiger partial charge < -0.3 is 5.73 Å². The van der Waals surface area contributed by atoms with Crippen LogP contribution >= 0.6 is 15.9 Å². The molecule has 1 heterocycles. The van der Waals surface area contributed by atoms with E-state index in [1.165, 1.54) is 10.7 Å². The lowest BCUT2D eigenvalue weighted by molar-refractivity contribution is 0.611. The molecular weight excluding hydrogens is 249 g/mol. The highest BCUT2D eigenvalue weighted by Gasteiger charge is 2.05. The van der Waals surface area contributed by atoms with Crippen LogP contribution in [0.3, 0.4) is 0 Å². The molecule has 2 N–H and O–H groups in total. The average Bonchev–Trinajstić information content (AvgIpc) is 2.51. The zero-order valence-corrected chi connectivity index (χ0v) is 8.70. The van der Waals surface area contributed by atoms with Crippen LogP contribution in [0.15, 0.2) is 35.1 Å². The van der Waals surface area contributed by atoms with Gasteiger partial charge in [-0.25, -0.2) is 9.07 Å². The fourth-order valence-corrected chi connectivity index (χ4v) is 1.43. The van der Waals surface area contributed by atoms with E-state index < -0.39 is 0 Å². The molecule has 1 aromatic heterocycles. The number of hydrogen-bond donors (Lipinski definition) is 1. The Labute approximate surface area is 88.5 Å². The van der Waals surface area contributed by atoms with E-state index in [-0.39, 0.29) is 5.82 Å². The number of anilines is 1. The van der Waals surface area contributed by atoms with Crippen LogP contribution in [-0.4, -0.2) is 9.78 Å². The summed E-state index contributed by atoms with van der Waals surface area (Å²) in [6.07, 6.45) is 3.27. The summed E-state index contributed by atoms with van der Waals surface area (Å²) < 4.78 is 15.6. The van der Waals surface area contributed by atoms with E-state index in [2.05, 4.69) is 21.0 Å². The molecule has 3 nitrogen and oxygen atoms in total. The lowest BCUT2D eigenvalue weighted by Gasteiger charge is -2.03. The molecule has 0 spiro atoms. The lowest BCUT2D eigenvalue weighted by Crippen LogP contribution is -1.98. The molecule has 0 aliphatic heterocycles. The second kappa shape index (κ2) is 3.42. The Bertz CT molecular complexity index is 467. The molecule has 0 saturated heterocycles. The van der Waals surface area contributed by atoms with E-state index >= 15 is 0 Å². The quantitative estimate of drug-likeness (QED) is 0.796. The van der Waals surface area contributed by atoms with E-state index in [9.17, 15) is 4.39 Å². The normalized spacial score (nSPS) is 10.4. The number of nitrogens with zero attached hydrogens (tertiary/aromatic N) is 2. The third-order valence-corrected chi connectivity index (χ3v) is 2.18. The molecule has 5 heteroatoms. The van der Waals surface area contributed by atoms with Crippen molar-refractivity contribution in [3.05, 3.63) is 40.9 Å². The van der Waals surface area contributed by atoms with E-state index in [0.717, 1.165) is 4.47 Å². The Morgan fingerprint density at radius 2 is 2.21 bits per heavy atom. The van der Waals surface area contributed by atoms with Gasteiger partial charge in [0.2, 0.25) is 0 Å². The monoisotopic (exact) mass is 255 g/mol. The van der Waals surface area contributed by atoms with Crippen molar-refractivity contribution in [2.75, 3.05) is 5.73 Å². The number of aromatic nitrogens is 2. The van der Waals surface area contributed by atoms with Crippen molar-refractivity contribution in [3.63, 3.8) is 0 Å². The highest BCUT2D eigenvalue weighted by molar-refractivity contribution is 9.10. The highest BCUT2D eigenvalue weighted by atomic mass is 79.9. The van der Waals surface area contributed by atoms with Crippen molar-refractivity contribution in [2.24, 2.45) is 0 Å². The van der Waals surface area contributed by atoms with E-state index in [1.807, 2.05) is 0 Å². The largest absolute Gasteiger partial charge is 0.399 e. The summed E-state index contributed by atoms with van der Waals surface area (Å²) in [5, 5.41) is 3.97. The molecule has 1 aromatic carbocycles. The van der Waals surface area contributed by atoms with E-state index in [0.29, 0.717) is 11.4 Å². The maximum absolute atomic E-state index is 13.4. The van der Waals surface area contributed by atoms with Gasteiger partial charge in [0.15, 0.2) is 5.82 Å². The molecule has 0 radical (unpaired) electrons. The van der Waals surface area contributed by atoms with Gasteiger partial charge in [-0.15, -0.1) is 0 Å². The molecule has 0 bridgehead atoms. The van der Waals surface area contributed by atoms with Crippen LogP contribution in [0.4, 0.5) is 10.1 Å². The van der Waals surface area contributed by atoms with Crippen LogP contribution in [-0.2, 0) is 0 Å². The number of rotatable bonds is 1. The zero-order chi connectivity index (χ0) is 10.1. The van der Waals surface area contributed by atoms with Gasteiger partial charge in [0.1, 0.15) is 5.69 Å². The van der Waals surface area contributed by atoms with Gasteiger partial charge in [0.05, 0.1) is 10.7 Å².